The highest BCUT2D eigenvalue weighted by molar-refractivity contribution is 5.89. The Morgan fingerprint density at radius 2 is 2.04 bits per heavy atom. The normalized spacial score (nSPS) is 12.2. The zero-order valence-electron chi connectivity index (χ0n) is 15.9. The van der Waals surface area contributed by atoms with Crippen LogP contribution in [0.3, 0.4) is 0 Å². The molecule has 7 nitrogen and oxygen atoms in total. The van der Waals surface area contributed by atoms with E-state index in [1.807, 2.05) is 69.2 Å². The molecule has 0 radical (unpaired) electrons. The molecule has 0 aliphatic heterocycles. The van der Waals surface area contributed by atoms with Gasteiger partial charge in [-0.25, -0.2) is 9.78 Å². The van der Waals surface area contributed by atoms with E-state index < -0.39 is 0 Å². The molecule has 0 bridgehead atoms. The molecule has 0 saturated carbocycles. The Morgan fingerprint density at radius 1 is 1.22 bits per heavy atom. The Morgan fingerprint density at radius 3 is 2.67 bits per heavy atom. The van der Waals surface area contributed by atoms with Gasteiger partial charge in [0.15, 0.2) is 0 Å². The van der Waals surface area contributed by atoms with Crippen molar-refractivity contribution in [3.05, 3.63) is 59.9 Å². The molecule has 2 amide bonds. The lowest BCUT2D eigenvalue weighted by Gasteiger charge is -2.22. The summed E-state index contributed by atoms with van der Waals surface area (Å²) in [6.45, 7) is 4.20. The second kappa shape index (κ2) is 8.09. The lowest BCUT2D eigenvalue weighted by Crippen LogP contribution is -2.36. The van der Waals surface area contributed by atoms with Gasteiger partial charge in [-0.1, -0.05) is 6.07 Å². The number of urea groups is 1. The summed E-state index contributed by atoms with van der Waals surface area (Å²) < 4.78 is 11.1. The summed E-state index contributed by atoms with van der Waals surface area (Å²) in [5, 5.41) is 5.73. The SMILES string of the molecule is Cc1nc(-c2cccc(NC(=O)NCC(c3ccco3)N(C)C)c2)oc1C. The smallest absolute Gasteiger partial charge is 0.319 e. The first-order valence-corrected chi connectivity index (χ1v) is 8.73. The number of hydrogen-bond acceptors (Lipinski definition) is 5. The van der Waals surface area contributed by atoms with E-state index in [2.05, 4.69) is 15.6 Å². The number of likely N-dealkylation sites (N-methyl/N-ethyl adjacent to an activating group) is 1. The summed E-state index contributed by atoms with van der Waals surface area (Å²) >= 11 is 0. The van der Waals surface area contributed by atoms with Crippen LogP contribution in [0.15, 0.2) is 51.5 Å². The molecule has 0 spiro atoms. The molecule has 0 aliphatic carbocycles. The van der Waals surface area contributed by atoms with Gasteiger partial charge in [0, 0.05) is 17.8 Å². The monoisotopic (exact) mass is 368 g/mol. The van der Waals surface area contributed by atoms with Gasteiger partial charge in [-0.3, -0.25) is 4.90 Å². The molecule has 7 heteroatoms. The van der Waals surface area contributed by atoms with Crippen LogP contribution in [0, 0.1) is 13.8 Å². The van der Waals surface area contributed by atoms with E-state index >= 15 is 0 Å². The summed E-state index contributed by atoms with van der Waals surface area (Å²) in [4.78, 5) is 18.7. The maximum atomic E-state index is 12.3. The van der Waals surface area contributed by atoms with Gasteiger partial charge in [-0.15, -0.1) is 0 Å². The molecule has 1 aromatic carbocycles. The molecule has 0 aliphatic rings. The average Bonchev–Trinajstić information content (AvgIpc) is 3.26. The molecule has 3 rings (SSSR count). The van der Waals surface area contributed by atoms with E-state index in [1.54, 1.807) is 6.26 Å². The number of hydrogen-bond donors (Lipinski definition) is 2. The number of carbonyl (C=O) groups is 1. The van der Waals surface area contributed by atoms with E-state index in [0.717, 1.165) is 22.8 Å². The van der Waals surface area contributed by atoms with Gasteiger partial charge in [-0.05, 0) is 58.3 Å². The molecular formula is C20H24N4O3. The maximum Gasteiger partial charge on any atom is 0.319 e. The molecule has 1 atom stereocenters. The number of benzene rings is 1. The fourth-order valence-corrected chi connectivity index (χ4v) is 2.71. The van der Waals surface area contributed by atoms with Crippen LogP contribution in [0.1, 0.15) is 23.3 Å². The van der Waals surface area contributed by atoms with Gasteiger partial charge in [-0.2, -0.15) is 0 Å². The van der Waals surface area contributed by atoms with Crippen molar-refractivity contribution in [2.24, 2.45) is 0 Å². The minimum atomic E-state index is -0.287. The van der Waals surface area contributed by atoms with Gasteiger partial charge >= 0.3 is 6.03 Å². The first-order chi connectivity index (χ1) is 12.9. The quantitative estimate of drug-likeness (QED) is 0.688. The topological polar surface area (TPSA) is 83.5 Å². The van der Waals surface area contributed by atoms with Crippen LogP contribution in [-0.4, -0.2) is 36.6 Å². The molecule has 142 valence electrons. The van der Waals surface area contributed by atoms with E-state index in [-0.39, 0.29) is 12.1 Å². The maximum absolute atomic E-state index is 12.3. The van der Waals surface area contributed by atoms with E-state index in [1.165, 1.54) is 0 Å². The van der Waals surface area contributed by atoms with E-state index in [9.17, 15) is 4.79 Å². The Balaban J connectivity index is 1.63. The van der Waals surface area contributed by atoms with Crippen LogP contribution in [0.2, 0.25) is 0 Å². The van der Waals surface area contributed by atoms with Crippen LogP contribution in [0.5, 0.6) is 0 Å². The predicted octanol–water partition coefficient (Wildman–Crippen LogP) is 3.98. The Hall–Kier alpha value is -3.06. The van der Waals surface area contributed by atoms with Crippen LogP contribution in [-0.2, 0) is 0 Å². The van der Waals surface area contributed by atoms with Crippen molar-refractivity contribution in [3.8, 4) is 11.5 Å². The van der Waals surface area contributed by atoms with Gasteiger partial charge in [0.2, 0.25) is 5.89 Å². The van der Waals surface area contributed by atoms with Crippen molar-refractivity contribution < 1.29 is 13.6 Å². The number of aromatic nitrogens is 1. The highest BCUT2D eigenvalue weighted by Gasteiger charge is 2.18. The number of rotatable bonds is 6. The minimum absolute atomic E-state index is 0.0460. The van der Waals surface area contributed by atoms with Crippen LogP contribution in [0.4, 0.5) is 10.5 Å². The summed E-state index contributed by atoms with van der Waals surface area (Å²) in [6.07, 6.45) is 1.63. The first kappa shape index (κ1) is 18.7. The third-order valence-electron chi connectivity index (χ3n) is 4.35. The number of carbonyl (C=O) groups excluding carboxylic acids is 1. The summed E-state index contributed by atoms with van der Waals surface area (Å²) in [5.41, 5.74) is 2.33. The third kappa shape index (κ3) is 4.57. The molecule has 0 fully saturated rings. The second-order valence-corrected chi connectivity index (χ2v) is 6.57. The van der Waals surface area contributed by atoms with Gasteiger partial charge in [0.05, 0.1) is 18.0 Å². The number of nitrogens with one attached hydrogen (secondary N) is 2. The average molecular weight is 368 g/mol. The molecule has 2 N–H and O–H groups in total. The lowest BCUT2D eigenvalue weighted by molar-refractivity contribution is 0.233. The summed E-state index contributed by atoms with van der Waals surface area (Å²) in [6, 6.07) is 10.8. The number of aryl methyl sites for hydroxylation is 2. The summed E-state index contributed by atoms with van der Waals surface area (Å²) in [5.74, 6) is 2.13. The van der Waals surface area contributed by atoms with Gasteiger partial charge in [0.25, 0.3) is 0 Å². The molecule has 1 unspecified atom stereocenters. The van der Waals surface area contributed by atoms with Crippen molar-refractivity contribution in [1.29, 1.82) is 0 Å². The molecule has 2 heterocycles. The molecule has 3 aromatic rings. The standard InChI is InChI=1S/C20H24N4O3/c1-13-14(2)27-19(22-13)15-7-5-8-16(11-15)23-20(25)21-12-17(24(3)4)18-9-6-10-26-18/h5-11,17H,12H2,1-4H3,(H2,21,23,25). The fourth-order valence-electron chi connectivity index (χ4n) is 2.71. The number of nitrogens with zero attached hydrogens (tertiary/aromatic N) is 2. The van der Waals surface area contributed by atoms with Crippen LogP contribution >= 0.6 is 0 Å². The zero-order chi connectivity index (χ0) is 19.4. The van der Waals surface area contributed by atoms with Gasteiger partial charge < -0.3 is 19.5 Å². The Kier molecular flexibility index (Phi) is 5.61. The van der Waals surface area contributed by atoms with Gasteiger partial charge in [0.1, 0.15) is 11.5 Å². The van der Waals surface area contributed by atoms with E-state index in [0.29, 0.717) is 18.1 Å². The van der Waals surface area contributed by atoms with Crippen LogP contribution < -0.4 is 10.6 Å². The Bertz CT molecular complexity index is 880. The van der Waals surface area contributed by atoms with Crippen molar-refractivity contribution in [3.63, 3.8) is 0 Å². The van der Waals surface area contributed by atoms with Crippen molar-refractivity contribution in [2.75, 3.05) is 26.0 Å². The Labute approximate surface area is 158 Å². The number of furan rings is 1. The second-order valence-electron chi connectivity index (χ2n) is 6.57. The van der Waals surface area contributed by atoms with Crippen molar-refractivity contribution >= 4 is 11.7 Å². The predicted molar refractivity (Wildman–Crippen MR) is 104 cm³/mol. The zero-order valence-corrected chi connectivity index (χ0v) is 15.9. The molecular weight excluding hydrogens is 344 g/mol. The first-order valence-electron chi connectivity index (χ1n) is 8.73. The van der Waals surface area contributed by atoms with Crippen molar-refractivity contribution in [2.45, 2.75) is 19.9 Å². The van der Waals surface area contributed by atoms with E-state index in [4.69, 9.17) is 8.83 Å². The highest BCUT2D eigenvalue weighted by Crippen LogP contribution is 2.24. The van der Waals surface area contributed by atoms with Crippen LogP contribution in [0.25, 0.3) is 11.5 Å². The molecule has 2 aromatic heterocycles. The van der Waals surface area contributed by atoms with Crippen molar-refractivity contribution in [1.82, 2.24) is 15.2 Å². The highest BCUT2D eigenvalue weighted by atomic mass is 16.4. The third-order valence-corrected chi connectivity index (χ3v) is 4.35. The summed E-state index contributed by atoms with van der Waals surface area (Å²) in [7, 11) is 3.88. The number of amides is 2. The lowest BCUT2D eigenvalue weighted by atomic mass is 10.2. The fraction of sp³-hybridized carbons (Fsp3) is 0.300. The molecule has 0 saturated heterocycles. The minimum Gasteiger partial charge on any atom is -0.468 e. The molecule has 27 heavy (non-hydrogen) atoms. The number of oxazole rings is 1. The number of anilines is 1. The largest absolute Gasteiger partial charge is 0.468 e.